The predicted octanol–water partition coefficient (Wildman–Crippen LogP) is 2.35. The van der Waals surface area contributed by atoms with Gasteiger partial charge in [-0.1, -0.05) is 23.7 Å². The van der Waals surface area contributed by atoms with Gasteiger partial charge in [0.05, 0.1) is 13.0 Å². The minimum Gasteiger partial charge on any atom is -0.469 e. The van der Waals surface area contributed by atoms with Gasteiger partial charge in [-0.05, 0) is 37.1 Å². The van der Waals surface area contributed by atoms with Gasteiger partial charge in [-0.15, -0.1) is 0 Å². The van der Waals surface area contributed by atoms with Crippen LogP contribution >= 0.6 is 11.6 Å². The first-order chi connectivity index (χ1) is 8.22. The van der Waals surface area contributed by atoms with Crippen molar-refractivity contribution in [2.45, 2.75) is 24.8 Å². The number of hydrogen-bond acceptors (Lipinski definition) is 3. The van der Waals surface area contributed by atoms with Crippen molar-refractivity contribution in [3.8, 4) is 0 Å². The summed E-state index contributed by atoms with van der Waals surface area (Å²) in [6.45, 7) is 0.964. The SMILES string of the molecule is COC(=O)[C@H](c1ccc(Cl)cc1)[C@H]1CCCN1. The minimum atomic E-state index is -0.236. The lowest BCUT2D eigenvalue weighted by Crippen LogP contribution is -2.34. The van der Waals surface area contributed by atoms with Gasteiger partial charge in [0, 0.05) is 11.1 Å². The zero-order valence-electron chi connectivity index (χ0n) is 9.78. The Bertz CT molecular complexity index is 385. The number of nitrogens with one attached hydrogen (secondary N) is 1. The van der Waals surface area contributed by atoms with Gasteiger partial charge in [-0.3, -0.25) is 4.79 Å². The number of halogens is 1. The second kappa shape index (κ2) is 5.52. The van der Waals surface area contributed by atoms with Gasteiger partial charge in [-0.25, -0.2) is 0 Å². The van der Waals surface area contributed by atoms with Gasteiger partial charge in [-0.2, -0.15) is 0 Å². The fraction of sp³-hybridized carbons (Fsp3) is 0.462. The zero-order valence-corrected chi connectivity index (χ0v) is 10.5. The molecular formula is C13H16ClNO2. The second-order valence-electron chi connectivity index (χ2n) is 4.26. The van der Waals surface area contributed by atoms with Crippen molar-refractivity contribution < 1.29 is 9.53 Å². The molecule has 1 aliphatic rings. The van der Waals surface area contributed by atoms with Crippen molar-refractivity contribution in [1.82, 2.24) is 5.32 Å². The summed E-state index contributed by atoms with van der Waals surface area (Å²) in [6.07, 6.45) is 2.11. The molecule has 1 aromatic rings. The highest BCUT2D eigenvalue weighted by Crippen LogP contribution is 2.27. The number of carbonyl (C=O) groups is 1. The summed E-state index contributed by atoms with van der Waals surface area (Å²) in [5.41, 5.74) is 0.959. The van der Waals surface area contributed by atoms with Crippen molar-refractivity contribution in [3.63, 3.8) is 0 Å². The summed E-state index contributed by atoms with van der Waals surface area (Å²) in [6, 6.07) is 7.57. The van der Waals surface area contributed by atoms with Crippen molar-refractivity contribution >= 4 is 17.6 Å². The van der Waals surface area contributed by atoms with E-state index >= 15 is 0 Å². The maximum Gasteiger partial charge on any atom is 0.314 e. The molecule has 2 rings (SSSR count). The lowest BCUT2D eigenvalue weighted by molar-refractivity contribution is -0.143. The maximum atomic E-state index is 11.9. The highest BCUT2D eigenvalue weighted by Gasteiger charge is 2.32. The van der Waals surface area contributed by atoms with E-state index in [4.69, 9.17) is 16.3 Å². The van der Waals surface area contributed by atoms with Gasteiger partial charge in [0.2, 0.25) is 0 Å². The van der Waals surface area contributed by atoms with Crippen LogP contribution in [0.3, 0.4) is 0 Å². The predicted molar refractivity (Wildman–Crippen MR) is 67.2 cm³/mol. The lowest BCUT2D eigenvalue weighted by atomic mass is 9.90. The van der Waals surface area contributed by atoms with Crippen LogP contribution in [-0.4, -0.2) is 25.7 Å². The molecule has 4 heteroatoms. The van der Waals surface area contributed by atoms with E-state index < -0.39 is 0 Å². The van der Waals surface area contributed by atoms with Gasteiger partial charge in [0.1, 0.15) is 0 Å². The Balaban J connectivity index is 2.25. The third-order valence-corrected chi connectivity index (χ3v) is 3.44. The Morgan fingerprint density at radius 1 is 1.47 bits per heavy atom. The van der Waals surface area contributed by atoms with Gasteiger partial charge < -0.3 is 10.1 Å². The van der Waals surface area contributed by atoms with Crippen LogP contribution in [0.4, 0.5) is 0 Å². The molecular weight excluding hydrogens is 238 g/mol. The van der Waals surface area contributed by atoms with Crippen LogP contribution in [-0.2, 0) is 9.53 Å². The molecule has 17 heavy (non-hydrogen) atoms. The second-order valence-corrected chi connectivity index (χ2v) is 4.69. The molecule has 0 radical (unpaired) electrons. The van der Waals surface area contributed by atoms with Crippen molar-refractivity contribution in [2.75, 3.05) is 13.7 Å². The Kier molecular flexibility index (Phi) is 4.02. The normalized spacial score (nSPS) is 21.2. The number of benzene rings is 1. The van der Waals surface area contributed by atoms with Crippen molar-refractivity contribution in [1.29, 1.82) is 0 Å². The minimum absolute atomic E-state index is 0.170. The molecule has 1 N–H and O–H groups in total. The highest BCUT2D eigenvalue weighted by molar-refractivity contribution is 6.30. The van der Waals surface area contributed by atoms with E-state index in [1.54, 1.807) is 0 Å². The number of rotatable bonds is 3. The zero-order chi connectivity index (χ0) is 12.3. The highest BCUT2D eigenvalue weighted by atomic mass is 35.5. The molecule has 1 aromatic carbocycles. The monoisotopic (exact) mass is 253 g/mol. The first-order valence-corrected chi connectivity index (χ1v) is 6.17. The van der Waals surface area contributed by atoms with Crippen LogP contribution in [0.25, 0.3) is 0 Å². The van der Waals surface area contributed by atoms with Gasteiger partial charge in [0.25, 0.3) is 0 Å². The molecule has 0 unspecified atom stereocenters. The smallest absolute Gasteiger partial charge is 0.314 e. The molecule has 1 fully saturated rings. The summed E-state index contributed by atoms with van der Waals surface area (Å²) in [5.74, 6) is -0.425. The Morgan fingerprint density at radius 3 is 2.71 bits per heavy atom. The molecule has 3 nitrogen and oxygen atoms in total. The third kappa shape index (κ3) is 2.79. The molecule has 1 aliphatic heterocycles. The number of methoxy groups -OCH3 is 1. The first-order valence-electron chi connectivity index (χ1n) is 5.79. The summed E-state index contributed by atoms with van der Waals surface area (Å²) in [5, 5.41) is 4.03. The fourth-order valence-electron chi connectivity index (χ4n) is 2.33. The average molecular weight is 254 g/mol. The van der Waals surface area contributed by atoms with Crippen molar-refractivity contribution in [3.05, 3.63) is 34.9 Å². The van der Waals surface area contributed by atoms with E-state index in [-0.39, 0.29) is 17.9 Å². The standard InChI is InChI=1S/C13H16ClNO2/c1-17-13(16)12(11-3-2-8-15-11)9-4-6-10(14)7-5-9/h4-7,11-12,15H,2-3,8H2,1H3/t11-,12-/m1/s1. The van der Waals surface area contributed by atoms with Crippen LogP contribution in [0.1, 0.15) is 24.3 Å². The molecule has 2 atom stereocenters. The summed E-state index contributed by atoms with van der Waals surface area (Å²) < 4.78 is 4.90. The van der Waals surface area contributed by atoms with Crippen LogP contribution in [0, 0.1) is 0 Å². The number of carbonyl (C=O) groups excluding carboxylic acids is 1. The number of esters is 1. The summed E-state index contributed by atoms with van der Waals surface area (Å²) in [4.78, 5) is 11.9. The summed E-state index contributed by atoms with van der Waals surface area (Å²) >= 11 is 5.86. The average Bonchev–Trinajstić information content (AvgIpc) is 2.85. The Hall–Kier alpha value is -1.06. The van der Waals surface area contributed by atoms with Crippen LogP contribution in [0.5, 0.6) is 0 Å². The molecule has 92 valence electrons. The molecule has 0 spiro atoms. The molecule has 1 heterocycles. The van der Waals surface area contributed by atoms with Crippen molar-refractivity contribution in [2.24, 2.45) is 0 Å². The molecule has 1 saturated heterocycles. The van der Waals surface area contributed by atoms with E-state index in [0.29, 0.717) is 5.02 Å². The fourth-order valence-corrected chi connectivity index (χ4v) is 2.45. The Morgan fingerprint density at radius 2 is 2.18 bits per heavy atom. The number of hydrogen-bond donors (Lipinski definition) is 1. The Labute approximate surface area is 106 Å². The number of ether oxygens (including phenoxy) is 1. The molecule has 0 amide bonds. The topological polar surface area (TPSA) is 38.3 Å². The van der Waals surface area contributed by atoms with E-state index in [1.807, 2.05) is 24.3 Å². The van der Waals surface area contributed by atoms with E-state index in [9.17, 15) is 4.79 Å². The van der Waals surface area contributed by atoms with E-state index in [0.717, 1.165) is 24.9 Å². The third-order valence-electron chi connectivity index (χ3n) is 3.19. The molecule has 0 bridgehead atoms. The van der Waals surface area contributed by atoms with Crippen LogP contribution in [0.2, 0.25) is 5.02 Å². The van der Waals surface area contributed by atoms with Gasteiger partial charge in [0.15, 0.2) is 0 Å². The van der Waals surface area contributed by atoms with E-state index in [2.05, 4.69) is 5.32 Å². The summed E-state index contributed by atoms with van der Waals surface area (Å²) in [7, 11) is 1.43. The van der Waals surface area contributed by atoms with Gasteiger partial charge >= 0.3 is 5.97 Å². The molecule has 0 saturated carbocycles. The molecule has 0 aromatic heterocycles. The van der Waals surface area contributed by atoms with Crippen LogP contribution in [0.15, 0.2) is 24.3 Å². The molecule has 0 aliphatic carbocycles. The quantitative estimate of drug-likeness (QED) is 0.841. The lowest BCUT2D eigenvalue weighted by Gasteiger charge is -2.21. The van der Waals surface area contributed by atoms with E-state index in [1.165, 1.54) is 7.11 Å². The first kappa shape index (κ1) is 12.4. The maximum absolute atomic E-state index is 11.9. The van der Waals surface area contributed by atoms with Crippen LogP contribution < -0.4 is 5.32 Å². The largest absolute Gasteiger partial charge is 0.469 e.